The second-order valence-corrected chi connectivity index (χ2v) is 4.69. The fraction of sp³-hybridized carbons (Fsp3) is 0.357. The molecule has 6 nitrogen and oxygen atoms in total. The molecule has 0 aliphatic carbocycles. The molecule has 0 radical (unpaired) electrons. The van der Waals surface area contributed by atoms with Gasteiger partial charge in [0, 0.05) is 31.2 Å². The van der Waals surface area contributed by atoms with Crippen molar-refractivity contribution in [1.82, 2.24) is 25.4 Å². The highest BCUT2D eigenvalue weighted by Gasteiger charge is 2.21. The van der Waals surface area contributed by atoms with Gasteiger partial charge in [-0.15, -0.1) is 0 Å². The molecule has 2 rings (SSSR count). The maximum atomic E-state index is 12.3. The fourth-order valence-electron chi connectivity index (χ4n) is 2.05. The van der Waals surface area contributed by atoms with E-state index in [0.29, 0.717) is 0 Å². The summed E-state index contributed by atoms with van der Waals surface area (Å²) in [6, 6.07) is 3.29. The topological polar surface area (TPSA) is 71.8 Å². The van der Waals surface area contributed by atoms with Crippen LogP contribution >= 0.6 is 0 Å². The van der Waals surface area contributed by atoms with Gasteiger partial charge >= 0.3 is 0 Å². The van der Waals surface area contributed by atoms with Crippen LogP contribution in [0.3, 0.4) is 0 Å². The molecule has 2 N–H and O–H groups in total. The molecule has 2 atom stereocenters. The van der Waals surface area contributed by atoms with Crippen molar-refractivity contribution in [2.45, 2.75) is 19.0 Å². The maximum absolute atomic E-state index is 12.3. The summed E-state index contributed by atoms with van der Waals surface area (Å²) in [6.45, 7) is 1.94. The molecule has 0 bridgehead atoms. The van der Waals surface area contributed by atoms with Crippen LogP contribution in [-0.4, -0.2) is 27.7 Å². The monoisotopic (exact) mass is 273 g/mol. The highest BCUT2D eigenvalue weighted by atomic mass is 16.2. The molecule has 106 valence electrons. The molecular formula is C14H19N5O. The number of hydrogen-bond acceptors (Lipinski definition) is 4. The van der Waals surface area contributed by atoms with Crippen molar-refractivity contribution in [3.63, 3.8) is 0 Å². The summed E-state index contributed by atoms with van der Waals surface area (Å²) >= 11 is 0. The van der Waals surface area contributed by atoms with Crippen molar-refractivity contribution >= 4 is 5.91 Å². The Hall–Kier alpha value is -2.21. The van der Waals surface area contributed by atoms with E-state index < -0.39 is 6.04 Å². The molecule has 0 fully saturated rings. The SMILES string of the molecule is CNC(C(=O)NC(C)c1cccnc1)c1cnn(C)c1. The Labute approximate surface area is 118 Å². The van der Waals surface area contributed by atoms with E-state index >= 15 is 0 Å². The van der Waals surface area contributed by atoms with Crippen LogP contribution in [0.4, 0.5) is 0 Å². The van der Waals surface area contributed by atoms with Crippen LogP contribution in [0.15, 0.2) is 36.9 Å². The molecule has 2 unspecified atom stereocenters. The first-order valence-corrected chi connectivity index (χ1v) is 6.48. The Morgan fingerprint density at radius 1 is 1.35 bits per heavy atom. The quantitative estimate of drug-likeness (QED) is 0.851. The Kier molecular flexibility index (Phi) is 4.47. The number of carbonyl (C=O) groups is 1. The van der Waals surface area contributed by atoms with Gasteiger partial charge in [0.25, 0.3) is 0 Å². The van der Waals surface area contributed by atoms with E-state index in [4.69, 9.17) is 0 Å². The average molecular weight is 273 g/mol. The summed E-state index contributed by atoms with van der Waals surface area (Å²) in [5.41, 5.74) is 1.81. The van der Waals surface area contributed by atoms with Gasteiger partial charge in [0.1, 0.15) is 6.04 Å². The Morgan fingerprint density at radius 3 is 2.70 bits per heavy atom. The zero-order valence-corrected chi connectivity index (χ0v) is 11.9. The number of carbonyl (C=O) groups excluding carboxylic acids is 1. The lowest BCUT2D eigenvalue weighted by atomic mass is 10.1. The van der Waals surface area contributed by atoms with Crippen LogP contribution < -0.4 is 10.6 Å². The van der Waals surface area contributed by atoms with E-state index in [1.165, 1.54) is 0 Å². The summed E-state index contributed by atoms with van der Waals surface area (Å²) in [6.07, 6.45) is 6.98. The molecule has 2 aromatic heterocycles. The second-order valence-electron chi connectivity index (χ2n) is 4.69. The van der Waals surface area contributed by atoms with Crippen molar-refractivity contribution in [3.05, 3.63) is 48.0 Å². The lowest BCUT2D eigenvalue weighted by Crippen LogP contribution is -2.37. The number of hydrogen-bond donors (Lipinski definition) is 2. The van der Waals surface area contributed by atoms with Crippen molar-refractivity contribution < 1.29 is 4.79 Å². The zero-order valence-electron chi connectivity index (χ0n) is 11.9. The van der Waals surface area contributed by atoms with E-state index in [2.05, 4.69) is 20.7 Å². The molecule has 0 spiro atoms. The maximum Gasteiger partial charge on any atom is 0.242 e. The van der Waals surface area contributed by atoms with Gasteiger partial charge in [-0.1, -0.05) is 6.07 Å². The van der Waals surface area contributed by atoms with Crippen LogP contribution in [0.1, 0.15) is 30.1 Å². The Bertz CT molecular complexity index is 566. The number of nitrogens with one attached hydrogen (secondary N) is 2. The third-order valence-corrected chi connectivity index (χ3v) is 3.15. The smallest absolute Gasteiger partial charge is 0.242 e. The van der Waals surface area contributed by atoms with Gasteiger partial charge < -0.3 is 10.6 Å². The number of amides is 1. The minimum atomic E-state index is -0.414. The molecule has 1 amide bonds. The van der Waals surface area contributed by atoms with Crippen molar-refractivity contribution in [2.75, 3.05) is 7.05 Å². The highest BCUT2D eigenvalue weighted by Crippen LogP contribution is 2.15. The zero-order chi connectivity index (χ0) is 14.5. The molecule has 2 heterocycles. The van der Waals surface area contributed by atoms with Gasteiger partial charge in [0.15, 0.2) is 0 Å². The van der Waals surface area contributed by atoms with Crippen molar-refractivity contribution in [1.29, 1.82) is 0 Å². The second kappa shape index (κ2) is 6.29. The van der Waals surface area contributed by atoms with Crippen LogP contribution in [0.5, 0.6) is 0 Å². The Balaban J connectivity index is 2.06. The van der Waals surface area contributed by atoms with Gasteiger partial charge in [-0.05, 0) is 25.6 Å². The van der Waals surface area contributed by atoms with Gasteiger partial charge in [0.2, 0.25) is 5.91 Å². The standard InChI is InChI=1S/C14H19N5O/c1-10(11-5-4-6-16-7-11)18-14(20)13(15-2)12-8-17-19(3)9-12/h4-10,13,15H,1-3H3,(H,18,20). The fourth-order valence-corrected chi connectivity index (χ4v) is 2.05. The Morgan fingerprint density at radius 2 is 2.15 bits per heavy atom. The first kappa shape index (κ1) is 14.2. The molecular weight excluding hydrogens is 254 g/mol. The number of pyridine rings is 1. The normalized spacial score (nSPS) is 13.8. The number of likely N-dealkylation sites (N-methyl/N-ethyl adjacent to an activating group) is 1. The minimum absolute atomic E-state index is 0.0862. The summed E-state index contributed by atoms with van der Waals surface area (Å²) in [5, 5.41) is 10.1. The average Bonchev–Trinajstić information content (AvgIpc) is 2.87. The lowest BCUT2D eigenvalue weighted by Gasteiger charge is -2.19. The highest BCUT2D eigenvalue weighted by molar-refractivity contribution is 5.83. The van der Waals surface area contributed by atoms with Crippen LogP contribution in [0, 0.1) is 0 Å². The molecule has 0 aromatic carbocycles. The predicted molar refractivity (Wildman–Crippen MR) is 75.8 cm³/mol. The number of nitrogens with zero attached hydrogens (tertiary/aromatic N) is 3. The van der Waals surface area contributed by atoms with E-state index in [9.17, 15) is 4.79 Å². The van der Waals surface area contributed by atoms with Crippen molar-refractivity contribution in [2.24, 2.45) is 7.05 Å². The number of rotatable bonds is 5. The summed E-state index contributed by atoms with van der Waals surface area (Å²) in [4.78, 5) is 16.4. The van der Waals surface area contributed by atoms with Gasteiger partial charge in [-0.3, -0.25) is 14.5 Å². The summed E-state index contributed by atoms with van der Waals surface area (Å²) in [7, 11) is 3.58. The first-order valence-electron chi connectivity index (χ1n) is 6.48. The van der Waals surface area contributed by atoms with Gasteiger partial charge in [-0.25, -0.2) is 0 Å². The van der Waals surface area contributed by atoms with Gasteiger partial charge in [0.05, 0.1) is 12.2 Å². The molecule has 2 aromatic rings. The largest absolute Gasteiger partial charge is 0.348 e. The van der Waals surface area contributed by atoms with E-state index in [1.807, 2.05) is 32.3 Å². The molecule has 0 saturated heterocycles. The summed E-state index contributed by atoms with van der Waals surface area (Å²) in [5.74, 6) is -0.0862. The third kappa shape index (κ3) is 3.21. The van der Waals surface area contributed by atoms with E-state index in [1.54, 1.807) is 30.3 Å². The number of aryl methyl sites for hydroxylation is 1. The first-order chi connectivity index (χ1) is 9.61. The third-order valence-electron chi connectivity index (χ3n) is 3.15. The van der Waals surface area contributed by atoms with Crippen LogP contribution in [-0.2, 0) is 11.8 Å². The van der Waals surface area contributed by atoms with E-state index in [-0.39, 0.29) is 11.9 Å². The molecule has 0 saturated carbocycles. The summed E-state index contributed by atoms with van der Waals surface area (Å²) < 4.78 is 1.68. The molecule has 20 heavy (non-hydrogen) atoms. The van der Waals surface area contributed by atoms with Crippen LogP contribution in [0.25, 0.3) is 0 Å². The van der Waals surface area contributed by atoms with E-state index in [0.717, 1.165) is 11.1 Å². The predicted octanol–water partition coefficient (Wildman–Crippen LogP) is 0.953. The minimum Gasteiger partial charge on any atom is -0.348 e. The lowest BCUT2D eigenvalue weighted by molar-refractivity contribution is -0.123. The molecule has 0 aliphatic heterocycles. The van der Waals surface area contributed by atoms with Crippen LogP contribution in [0.2, 0.25) is 0 Å². The molecule has 0 aliphatic rings. The number of aromatic nitrogens is 3. The molecule has 6 heteroatoms. The van der Waals surface area contributed by atoms with Gasteiger partial charge in [-0.2, -0.15) is 5.10 Å². The van der Waals surface area contributed by atoms with Crippen molar-refractivity contribution in [3.8, 4) is 0 Å².